The van der Waals surface area contributed by atoms with Gasteiger partial charge in [-0.05, 0) is 6.42 Å². The standard InChI is InChI=1S/C7H11O3/c1-9-7(10-2)5-3-4-6(7)8/h3H,4-5H2,1-2H3. The van der Waals surface area contributed by atoms with Crippen LogP contribution in [0.15, 0.2) is 0 Å². The van der Waals surface area contributed by atoms with E-state index in [1.807, 2.05) is 6.42 Å². The second-order valence-corrected chi connectivity index (χ2v) is 2.28. The Morgan fingerprint density at radius 1 is 1.50 bits per heavy atom. The van der Waals surface area contributed by atoms with Crippen LogP contribution in [-0.4, -0.2) is 25.8 Å². The van der Waals surface area contributed by atoms with E-state index in [4.69, 9.17) is 9.47 Å². The number of hydrogen-bond acceptors (Lipinski definition) is 3. The van der Waals surface area contributed by atoms with Crippen LogP contribution in [0.5, 0.6) is 0 Å². The first kappa shape index (κ1) is 7.69. The molecule has 1 rings (SSSR count). The molecule has 1 saturated carbocycles. The van der Waals surface area contributed by atoms with E-state index < -0.39 is 5.79 Å². The summed E-state index contributed by atoms with van der Waals surface area (Å²) in [4.78, 5) is 11.1. The number of ether oxygens (including phenoxy) is 2. The zero-order valence-corrected chi connectivity index (χ0v) is 6.22. The smallest absolute Gasteiger partial charge is 0.228 e. The minimum Gasteiger partial charge on any atom is -0.347 e. The molecule has 0 N–H and O–H groups in total. The summed E-state index contributed by atoms with van der Waals surface area (Å²) in [6.45, 7) is 0. The first-order chi connectivity index (χ1) is 4.75. The maximum atomic E-state index is 11.1. The molecule has 0 saturated heterocycles. The van der Waals surface area contributed by atoms with Crippen molar-refractivity contribution in [3.05, 3.63) is 6.42 Å². The molecule has 0 aromatic carbocycles. The fourth-order valence-corrected chi connectivity index (χ4v) is 1.14. The Hall–Kier alpha value is -0.410. The Labute approximate surface area is 60.3 Å². The molecule has 0 unspecified atom stereocenters. The van der Waals surface area contributed by atoms with Gasteiger partial charge >= 0.3 is 0 Å². The van der Waals surface area contributed by atoms with Gasteiger partial charge in [0.15, 0.2) is 5.78 Å². The van der Waals surface area contributed by atoms with Crippen molar-refractivity contribution >= 4 is 5.78 Å². The van der Waals surface area contributed by atoms with Gasteiger partial charge in [0.05, 0.1) is 0 Å². The zero-order chi connectivity index (χ0) is 7.61. The molecule has 0 heterocycles. The fraction of sp³-hybridized carbons (Fsp3) is 0.714. The Bertz CT molecular complexity index is 138. The van der Waals surface area contributed by atoms with E-state index in [1.54, 1.807) is 0 Å². The highest BCUT2D eigenvalue weighted by Crippen LogP contribution is 2.28. The van der Waals surface area contributed by atoms with E-state index in [-0.39, 0.29) is 5.78 Å². The molecule has 0 atom stereocenters. The summed E-state index contributed by atoms with van der Waals surface area (Å²) in [6.07, 6.45) is 2.90. The average molecular weight is 143 g/mol. The molecule has 0 aromatic heterocycles. The van der Waals surface area contributed by atoms with Crippen LogP contribution in [0.2, 0.25) is 0 Å². The van der Waals surface area contributed by atoms with E-state index in [0.717, 1.165) is 0 Å². The van der Waals surface area contributed by atoms with Crippen molar-refractivity contribution < 1.29 is 14.3 Å². The minimum atomic E-state index is -0.958. The van der Waals surface area contributed by atoms with Gasteiger partial charge in [-0.25, -0.2) is 0 Å². The molecule has 1 fully saturated rings. The topological polar surface area (TPSA) is 35.5 Å². The molecule has 0 spiro atoms. The van der Waals surface area contributed by atoms with E-state index in [0.29, 0.717) is 12.8 Å². The maximum Gasteiger partial charge on any atom is 0.228 e. The highest BCUT2D eigenvalue weighted by molar-refractivity contribution is 5.89. The van der Waals surface area contributed by atoms with Gasteiger partial charge in [-0.1, -0.05) is 0 Å². The van der Waals surface area contributed by atoms with Gasteiger partial charge < -0.3 is 9.47 Å². The second-order valence-electron chi connectivity index (χ2n) is 2.28. The molecule has 3 heteroatoms. The van der Waals surface area contributed by atoms with E-state index in [2.05, 4.69) is 0 Å². The van der Waals surface area contributed by atoms with Crippen molar-refractivity contribution in [2.45, 2.75) is 18.6 Å². The summed E-state index contributed by atoms with van der Waals surface area (Å²) in [5, 5.41) is 0. The summed E-state index contributed by atoms with van der Waals surface area (Å²) in [5.74, 6) is -0.947. The van der Waals surface area contributed by atoms with Gasteiger partial charge in [0.2, 0.25) is 5.79 Å². The number of carbonyl (C=O) groups excluding carboxylic acids is 1. The van der Waals surface area contributed by atoms with Gasteiger partial charge in [-0.3, -0.25) is 4.79 Å². The van der Waals surface area contributed by atoms with Crippen LogP contribution in [0.4, 0.5) is 0 Å². The van der Waals surface area contributed by atoms with Gasteiger partial charge in [0.25, 0.3) is 0 Å². The maximum absolute atomic E-state index is 11.1. The third kappa shape index (κ3) is 0.954. The molecule has 0 bridgehead atoms. The van der Waals surface area contributed by atoms with Crippen molar-refractivity contribution in [2.24, 2.45) is 0 Å². The summed E-state index contributed by atoms with van der Waals surface area (Å²) < 4.78 is 9.91. The van der Waals surface area contributed by atoms with Crippen molar-refractivity contribution in [3.63, 3.8) is 0 Å². The molecule has 1 aliphatic rings. The van der Waals surface area contributed by atoms with E-state index in [9.17, 15) is 4.79 Å². The quantitative estimate of drug-likeness (QED) is 0.529. The van der Waals surface area contributed by atoms with Gasteiger partial charge in [-0.15, -0.1) is 0 Å². The van der Waals surface area contributed by atoms with Crippen LogP contribution < -0.4 is 0 Å². The van der Waals surface area contributed by atoms with E-state index >= 15 is 0 Å². The molecule has 57 valence electrons. The Morgan fingerprint density at radius 2 is 2.10 bits per heavy atom. The molecule has 1 radical (unpaired) electrons. The number of carbonyl (C=O) groups is 1. The summed E-state index contributed by atoms with van der Waals surface area (Å²) in [5.41, 5.74) is 0. The Kier molecular flexibility index (Phi) is 2.06. The lowest BCUT2D eigenvalue weighted by Gasteiger charge is -2.22. The lowest BCUT2D eigenvalue weighted by molar-refractivity contribution is -0.199. The van der Waals surface area contributed by atoms with E-state index in [1.165, 1.54) is 14.2 Å². The van der Waals surface area contributed by atoms with Crippen LogP contribution in [0.1, 0.15) is 12.8 Å². The molecular formula is C7H11O3. The van der Waals surface area contributed by atoms with Gasteiger partial charge in [-0.2, -0.15) is 0 Å². The van der Waals surface area contributed by atoms with Crippen molar-refractivity contribution in [3.8, 4) is 0 Å². The first-order valence-electron chi connectivity index (χ1n) is 3.20. The SMILES string of the molecule is COC1(OC)C[CH]CC1=O. The predicted molar refractivity (Wildman–Crippen MR) is 35.3 cm³/mol. The summed E-state index contributed by atoms with van der Waals surface area (Å²) in [6, 6.07) is 0. The normalized spacial score (nSPS) is 23.6. The molecule has 0 aromatic rings. The molecule has 3 nitrogen and oxygen atoms in total. The molecular weight excluding hydrogens is 132 g/mol. The van der Waals surface area contributed by atoms with Crippen molar-refractivity contribution in [1.29, 1.82) is 0 Å². The molecule has 0 amide bonds. The number of Topliss-reactive ketones (excluding diaryl/α,β-unsaturated/α-hetero) is 1. The number of ketones is 1. The van der Waals surface area contributed by atoms with Crippen LogP contribution in [-0.2, 0) is 14.3 Å². The van der Waals surface area contributed by atoms with Crippen LogP contribution in [0, 0.1) is 6.42 Å². The minimum absolute atomic E-state index is 0.0116. The van der Waals surface area contributed by atoms with Gasteiger partial charge in [0, 0.05) is 27.1 Å². The lowest BCUT2D eigenvalue weighted by atomic mass is 10.2. The third-order valence-corrected chi connectivity index (χ3v) is 1.83. The van der Waals surface area contributed by atoms with Crippen molar-refractivity contribution in [2.75, 3.05) is 14.2 Å². The van der Waals surface area contributed by atoms with Crippen LogP contribution in [0.25, 0.3) is 0 Å². The molecule has 0 aliphatic heterocycles. The largest absolute Gasteiger partial charge is 0.347 e. The first-order valence-corrected chi connectivity index (χ1v) is 3.20. The average Bonchev–Trinajstić information content (AvgIpc) is 2.32. The highest BCUT2D eigenvalue weighted by Gasteiger charge is 2.42. The summed E-state index contributed by atoms with van der Waals surface area (Å²) in [7, 11) is 2.97. The highest BCUT2D eigenvalue weighted by atomic mass is 16.7. The molecule has 1 aliphatic carbocycles. The second kappa shape index (κ2) is 2.68. The van der Waals surface area contributed by atoms with Crippen molar-refractivity contribution in [1.82, 2.24) is 0 Å². The number of methoxy groups -OCH3 is 2. The third-order valence-electron chi connectivity index (χ3n) is 1.83. The lowest BCUT2D eigenvalue weighted by Crippen LogP contribution is -2.37. The van der Waals surface area contributed by atoms with Crippen LogP contribution in [0.3, 0.4) is 0 Å². The van der Waals surface area contributed by atoms with Crippen LogP contribution >= 0.6 is 0 Å². The Balaban J connectivity index is 2.71. The van der Waals surface area contributed by atoms with Gasteiger partial charge in [0.1, 0.15) is 0 Å². The zero-order valence-electron chi connectivity index (χ0n) is 6.22. The fourth-order valence-electron chi connectivity index (χ4n) is 1.14. The molecule has 10 heavy (non-hydrogen) atoms. The number of rotatable bonds is 2. The number of hydrogen-bond donors (Lipinski definition) is 0. The Morgan fingerprint density at radius 3 is 2.30 bits per heavy atom. The monoisotopic (exact) mass is 143 g/mol. The summed E-state index contributed by atoms with van der Waals surface area (Å²) >= 11 is 0. The predicted octanol–water partition coefficient (Wildman–Crippen LogP) is 0.543.